The van der Waals surface area contributed by atoms with Crippen LogP contribution in [0.2, 0.25) is 0 Å². The van der Waals surface area contributed by atoms with Crippen LogP contribution in [0.25, 0.3) is 0 Å². The van der Waals surface area contributed by atoms with E-state index in [0.717, 1.165) is 31.4 Å². The molecule has 0 amide bonds. The molecule has 0 bridgehead atoms. The number of hydrogen-bond acceptors (Lipinski definition) is 5. The summed E-state index contributed by atoms with van der Waals surface area (Å²) >= 11 is 1.54. The molecule has 1 rings (SSSR count). The van der Waals surface area contributed by atoms with E-state index < -0.39 is 0 Å². The molecule has 0 atom stereocenters. The number of nitrogens with zero attached hydrogens (tertiary/aromatic N) is 1. The Kier molecular flexibility index (Phi) is 7.65. The smallest absolute Gasteiger partial charge is 0.330 e. The van der Waals surface area contributed by atoms with Gasteiger partial charge in [0.25, 0.3) is 5.56 Å². The first-order chi connectivity index (χ1) is 9.22. The molecule has 0 aliphatic heterocycles. The normalized spacial score (nSPS) is 10.1. The van der Waals surface area contributed by atoms with Crippen molar-refractivity contribution >= 4 is 17.7 Å². The van der Waals surface area contributed by atoms with Gasteiger partial charge >= 0.3 is 5.97 Å². The number of aromatic nitrogens is 2. The predicted octanol–water partition coefficient (Wildman–Crippen LogP) is 2.15. The molecule has 1 aromatic heterocycles. The summed E-state index contributed by atoms with van der Waals surface area (Å²) in [7, 11) is 0. The number of rotatable bonds is 9. The van der Waals surface area contributed by atoms with Crippen molar-refractivity contribution in [3.05, 3.63) is 35.3 Å². The molecule has 0 saturated heterocycles. The summed E-state index contributed by atoms with van der Waals surface area (Å²) in [5.74, 6) is 0.550. The third kappa shape index (κ3) is 7.46. The van der Waals surface area contributed by atoms with Crippen LogP contribution < -0.4 is 5.56 Å². The van der Waals surface area contributed by atoms with Crippen LogP contribution in [-0.2, 0) is 9.53 Å². The number of H-pyrrole nitrogens is 1. The number of aromatic amines is 1. The molecular formula is C13H18N2O3S. The zero-order valence-corrected chi connectivity index (χ0v) is 11.6. The van der Waals surface area contributed by atoms with Crippen LogP contribution in [-0.4, -0.2) is 28.3 Å². The van der Waals surface area contributed by atoms with Gasteiger partial charge in [0.2, 0.25) is 0 Å². The molecular weight excluding hydrogens is 264 g/mol. The SMILES string of the molecule is C=CC(=O)OCCCCCCSc1nccc(=O)[nH]1. The van der Waals surface area contributed by atoms with Gasteiger partial charge < -0.3 is 9.72 Å². The van der Waals surface area contributed by atoms with Crippen LogP contribution >= 0.6 is 11.8 Å². The van der Waals surface area contributed by atoms with E-state index in [0.29, 0.717) is 11.8 Å². The standard InChI is InChI=1S/C13H18N2O3S/c1-2-12(17)18-9-5-3-4-6-10-19-13-14-8-7-11(16)15-13/h2,7-8H,1,3-6,9-10H2,(H,14,15,16). The lowest BCUT2D eigenvalue weighted by molar-refractivity contribution is -0.137. The first-order valence-corrected chi connectivity index (χ1v) is 7.18. The molecule has 1 heterocycles. The van der Waals surface area contributed by atoms with Crippen LogP contribution in [0.15, 0.2) is 34.9 Å². The molecule has 0 fully saturated rings. The van der Waals surface area contributed by atoms with Gasteiger partial charge in [-0.1, -0.05) is 31.2 Å². The lowest BCUT2D eigenvalue weighted by Gasteiger charge is -2.02. The minimum atomic E-state index is -0.366. The molecule has 0 spiro atoms. The monoisotopic (exact) mass is 282 g/mol. The Morgan fingerprint density at radius 2 is 2.21 bits per heavy atom. The summed E-state index contributed by atoms with van der Waals surface area (Å²) in [6.07, 6.45) is 6.67. The zero-order chi connectivity index (χ0) is 13.9. The van der Waals surface area contributed by atoms with E-state index >= 15 is 0 Å². The molecule has 0 aliphatic rings. The van der Waals surface area contributed by atoms with Crippen LogP contribution in [0.3, 0.4) is 0 Å². The number of unbranched alkanes of at least 4 members (excludes halogenated alkanes) is 3. The summed E-state index contributed by atoms with van der Waals surface area (Å²) in [5.41, 5.74) is -0.124. The topological polar surface area (TPSA) is 72.0 Å². The highest BCUT2D eigenvalue weighted by Crippen LogP contribution is 2.13. The second-order valence-corrected chi connectivity index (χ2v) is 4.96. The Balaban J connectivity index is 1.98. The summed E-state index contributed by atoms with van der Waals surface area (Å²) < 4.78 is 4.87. The molecule has 0 saturated carbocycles. The van der Waals surface area contributed by atoms with Gasteiger partial charge in [0, 0.05) is 24.1 Å². The number of hydrogen-bond donors (Lipinski definition) is 1. The van der Waals surface area contributed by atoms with Crippen LogP contribution in [0.5, 0.6) is 0 Å². The zero-order valence-electron chi connectivity index (χ0n) is 10.8. The highest BCUT2D eigenvalue weighted by atomic mass is 32.2. The van der Waals surface area contributed by atoms with Gasteiger partial charge in [-0.05, 0) is 12.8 Å². The van der Waals surface area contributed by atoms with Crippen molar-refractivity contribution in [1.29, 1.82) is 0 Å². The predicted molar refractivity (Wildman–Crippen MR) is 75.2 cm³/mol. The Hall–Kier alpha value is -1.56. The Labute approximate surface area is 116 Å². The number of esters is 1. The van der Waals surface area contributed by atoms with Gasteiger partial charge in [-0.3, -0.25) is 4.79 Å². The summed E-state index contributed by atoms with van der Waals surface area (Å²) in [4.78, 5) is 28.5. The highest BCUT2D eigenvalue weighted by molar-refractivity contribution is 7.99. The summed E-state index contributed by atoms with van der Waals surface area (Å²) in [5, 5.41) is 0.660. The number of thioether (sulfide) groups is 1. The second-order valence-electron chi connectivity index (χ2n) is 3.87. The average Bonchev–Trinajstić information content (AvgIpc) is 2.41. The molecule has 1 aromatic rings. The Bertz CT molecular complexity index is 459. The number of carbonyl (C=O) groups excluding carboxylic acids is 1. The Morgan fingerprint density at radius 1 is 1.42 bits per heavy atom. The maximum absolute atomic E-state index is 11.0. The maximum atomic E-state index is 11.0. The molecule has 0 radical (unpaired) electrons. The number of ether oxygens (including phenoxy) is 1. The van der Waals surface area contributed by atoms with Gasteiger partial charge in [-0.2, -0.15) is 0 Å². The van der Waals surface area contributed by atoms with Crippen LogP contribution in [0, 0.1) is 0 Å². The van der Waals surface area contributed by atoms with Crippen LogP contribution in [0.1, 0.15) is 25.7 Å². The third-order valence-corrected chi connectivity index (χ3v) is 3.31. The lowest BCUT2D eigenvalue weighted by atomic mass is 10.2. The fourth-order valence-electron chi connectivity index (χ4n) is 1.38. The molecule has 6 heteroatoms. The van der Waals surface area contributed by atoms with E-state index in [1.807, 2.05) is 0 Å². The molecule has 5 nitrogen and oxygen atoms in total. The van der Waals surface area contributed by atoms with Crippen LogP contribution in [0.4, 0.5) is 0 Å². The van der Waals surface area contributed by atoms with Crippen molar-refractivity contribution in [3.63, 3.8) is 0 Å². The average molecular weight is 282 g/mol. The van der Waals surface area contributed by atoms with E-state index in [2.05, 4.69) is 16.5 Å². The fraction of sp³-hybridized carbons (Fsp3) is 0.462. The first kappa shape index (κ1) is 15.5. The minimum absolute atomic E-state index is 0.124. The van der Waals surface area contributed by atoms with Gasteiger partial charge in [0.1, 0.15) is 0 Å². The maximum Gasteiger partial charge on any atom is 0.330 e. The Morgan fingerprint density at radius 3 is 2.95 bits per heavy atom. The number of nitrogens with one attached hydrogen (secondary N) is 1. The molecule has 19 heavy (non-hydrogen) atoms. The lowest BCUT2D eigenvalue weighted by Crippen LogP contribution is -2.05. The van der Waals surface area contributed by atoms with Crippen molar-refractivity contribution in [1.82, 2.24) is 9.97 Å². The van der Waals surface area contributed by atoms with E-state index in [1.54, 1.807) is 11.8 Å². The largest absolute Gasteiger partial charge is 0.463 e. The van der Waals surface area contributed by atoms with E-state index in [9.17, 15) is 9.59 Å². The fourth-order valence-corrected chi connectivity index (χ4v) is 2.23. The second kappa shape index (κ2) is 9.38. The van der Waals surface area contributed by atoms with Crippen molar-refractivity contribution < 1.29 is 9.53 Å². The molecule has 0 aromatic carbocycles. The van der Waals surface area contributed by atoms with Gasteiger partial charge in [-0.15, -0.1) is 0 Å². The van der Waals surface area contributed by atoms with Crippen molar-refractivity contribution in [3.8, 4) is 0 Å². The molecule has 0 unspecified atom stereocenters. The first-order valence-electron chi connectivity index (χ1n) is 6.19. The minimum Gasteiger partial charge on any atom is -0.463 e. The molecule has 0 aliphatic carbocycles. The van der Waals surface area contributed by atoms with Crippen molar-refractivity contribution in [2.75, 3.05) is 12.4 Å². The van der Waals surface area contributed by atoms with E-state index in [-0.39, 0.29) is 11.5 Å². The third-order valence-electron chi connectivity index (χ3n) is 2.34. The van der Waals surface area contributed by atoms with E-state index in [1.165, 1.54) is 18.3 Å². The summed E-state index contributed by atoms with van der Waals surface area (Å²) in [6.45, 7) is 3.78. The number of carbonyl (C=O) groups is 1. The summed E-state index contributed by atoms with van der Waals surface area (Å²) in [6, 6.07) is 1.40. The quantitative estimate of drug-likeness (QED) is 0.247. The van der Waals surface area contributed by atoms with Gasteiger partial charge in [-0.25, -0.2) is 9.78 Å². The van der Waals surface area contributed by atoms with Gasteiger partial charge in [0.15, 0.2) is 5.16 Å². The molecule has 104 valence electrons. The van der Waals surface area contributed by atoms with Crippen molar-refractivity contribution in [2.45, 2.75) is 30.8 Å². The highest BCUT2D eigenvalue weighted by Gasteiger charge is 1.98. The molecule has 1 N–H and O–H groups in total. The van der Waals surface area contributed by atoms with Crippen molar-refractivity contribution in [2.24, 2.45) is 0 Å². The van der Waals surface area contributed by atoms with E-state index in [4.69, 9.17) is 4.74 Å². The van der Waals surface area contributed by atoms with Gasteiger partial charge in [0.05, 0.1) is 6.61 Å².